The lowest BCUT2D eigenvalue weighted by atomic mass is 10.2. The van der Waals surface area contributed by atoms with Gasteiger partial charge in [-0.3, -0.25) is 14.9 Å². The molecular formula is C19H17N5O3. The van der Waals surface area contributed by atoms with Crippen LogP contribution < -0.4 is 4.90 Å². The summed E-state index contributed by atoms with van der Waals surface area (Å²) in [4.78, 5) is 35.4. The number of amides is 1. The van der Waals surface area contributed by atoms with Crippen molar-refractivity contribution in [2.24, 2.45) is 0 Å². The van der Waals surface area contributed by atoms with Gasteiger partial charge in [0.25, 0.3) is 11.6 Å². The standard InChI is InChI=1S/C19H17N5O3/c25-19(17-7-5-14-3-1-2-4-16(14)21-17)23-11-9-22(10-12-23)18-8-6-15(13-20-18)24(26)27/h1-8,13H,9-12H2. The van der Waals surface area contributed by atoms with Crippen molar-refractivity contribution in [3.05, 3.63) is 70.5 Å². The first-order chi connectivity index (χ1) is 13.1. The van der Waals surface area contributed by atoms with Crippen LogP contribution in [0.5, 0.6) is 0 Å². The van der Waals surface area contributed by atoms with Crippen LogP contribution >= 0.6 is 0 Å². The van der Waals surface area contributed by atoms with E-state index in [1.807, 2.05) is 35.2 Å². The summed E-state index contributed by atoms with van der Waals surface area (Å²) in [5.41, 5.74) is 1.21. The van der Waals surface area contributed by atoms with Crippen LogP contribution in [0.3, 0.4) is 0 Å². The number of aromatic nitrogens is 2. The second kappa shape index (κ2) is 6.99. The van der Waals surface area contributed by atoms with E-state index in [2.05, 4.69) is 9.97 Å². The van der Waals surface area contributed by atoms with Crippen molar-refractivity contribution >= 4 is 28.3 Å². The van der Waals surface area contributed by atoms with E-state index in [0.29, 0.717) is 37.7 Å². The van der Waals surface area contributed by atoms with Crippen molar-refractivity contribution in [2.45, 2.75) is 0 Å². The van der Waals surface area contributed by atoms with Crippen molar-refractivity contribution < 1.29 is 9.72 Å². The Bertz CT molecular complexity index is 998. The molecule has 1 aromatic carbocycles. The number of fused-ring (bicyclic) bond motifs is 1. The molecule has 0 saturated carbocycles. The van der Waals surface area contributed by atoms with Crippen LogP contribution in [-0.2, 0) is 0 Å². The van der Waals surface area contributed by atoms with E-state index in [0.717, 1.165) is 10.9 Å². The third kappa shape index (κ3) is 3.41. The molecule has 1 amide bonds. The molecule has 0 aliphatic carbocycles. The lowest BCUT2D eigenvalue weighted by Gasteiger charge is -2.35. The van der Waals surface area contributed by atoms with Gasteiger partial charge in [-0.25, -0.2) is 9.97 Å². The predicted octanol–water partition coefficient (Wildman–Crippen LogP) is 2.50. The summed E-state index contributed by atoms with van der Waals surface area (Å²) in [5.74, 6) is 0.591. The fourth-order valence-electron chi connectivity index (χ4n) is 3.16. The number of hydrogen-bond acceptors (Lipinski definition) is 6. The van der Waals surface area contributed by atoms with Crippen molar-refractivity contribution in [3.63, 3.8) is 0 Å². The Kier molecular flexibility index (Phi) is 4.37. The van der Waals surface area contributed by atoms with E-state index in [9.17, 15) is 14.9 Å². The monoisotopic (exact) mass is 363 g/mol. The van der Waals surface area contributed by atoms with Gasteiger partial charge in [-0.1, -0.05) is 24.3 Å². The lowest BCUT2D eigenvalue weighted by Crippen LogP contribution is -2.49. The van der Waals surface area contributed by atoms with E-state index in [4.69, 9.17) is 0 Å². The highest BCUT2D eigenvalue weighted by Crippen LogP contribution is 2.19. The molecule has 0 N–H and O–H groups in total. The summed E-state index contributed by atoms with van der Waals surface area (Å²) in [6.07, 6.45) is 1.26. The smallest absolute Gasteiger partial charge is 0.287 e. The van der Waals surface area contributed by atoms with Crippen molar-refractivity contribution in [1.29, 1.82) is 0 Å². The molecule has 1 fully saturated rings. The van der Waals surface area contributed by atoms with E-state index in [-0.39, 0.29) is 11.6 Å². The Balaban J connectivity index is 1.43. The van der Waals surface area contributed by atoms with Gasteiger partial charge in [-0.2, -0.15) is 0 Å². The second-order valence-corrected chi connectivity index (χ2v) is 6.30. The van der Waals surface area contributed by atoms with Gasteiger partial charge in [-0.15, -0.1) is 0 Å². The highest BCUT2D eigenvalue weighted by molar-refractivity contribution is 5.95. The molecule has 0 spiro atoms. The molecule has 0 atom stereocenters. The Morgan fingerprint density at radius 1 is 1.00 bits per heavy atom. The Morgan fingerprint density at radius 3 is 2.48 bits per heavy atom. The zero-order chi connectivity index (χ0) is 18.8. The third-order valence-electron chi connectivity index (χ3n) is 4.65. The summed E-state index contributed by atoms with van der Waals surface area (Å²) in [7, 11) is 0. The second-order valence-electron chi connectivity index (χ2n) is 6.30. The zero-order valence-corrected chi connectivity index (χ0v) is 14.5. The SMILES string of the molecule is O=C(c1ccc2ccccc2n1)N1CCN(c2ccc([N+](=O)[O-])cn2)CC1. The molecular weight excluding hydrogens is 346 g/mol. The summed E-state index contributed by atoms with van der Waals surface area (Å²) in [6, 6.07) is 14.5. The molecule has 0 radical (unpaired) electrons. The Labute approximate surface area is 155 Å². The number of nitrogens with zero attached hydrogens (tertiary/aromatic N) is 5. The highest BCUT2D eigenvalue weighted by Gasteiger charge is 2.24. The van der Waals surface area contributed by atoms with E-state index in [1.54, 1.807) is 17.0 Å². The number of anilines is 1. The van der Waals surface area contributed by atoms with Gasteiger partial charge in [0.1, 0.15) is 17.7 Å². The molecule has 8 heteroatoms. The maximum Gasteiger partial charge on any atom is 0.287 e. The molecule has 136 valence electrons. The van der Waals surface area contributed by atoms with Crippen LogP contribution in [0.15, 0.2) is 54.7 Å². The molecule has 8 nitrogen and oxygen atoms in total. The van der Waals surface area contributed by atoms with Gasteiger partial charge in [0, 0.05) is 37.6 Å². The summed E-state index contributed by atoms with van der Waals surface area (Å²) < 4.78 is 0. The molecule has 3 aromatic rings. The number of piperazine rings is 1. The van der Waals surface area contributed by atoms with E-state index < -0.39 is 4.92 Å². The van der Waals surface area contributed by atoms with Crippen molar-refractivity contribution in [3.8, 4) is 0 Å². The van der Waals surface area contributed by atoms with E-state index >= 15 is 0 Å². The predicted molar refractivity (Wildman–Crippen MR) is 101 cm³/mol. The maximum absolute atomic E-state index is 12.8. The number of para-hydroxylation sites is 1. The molecule has 27 heavy (non-hydrogen) atoms. The number of carbonyl (C=O) groups is 1. The average Bonchev–Trinajstić information content (AvgIpc) is 2.73. The highest BCUT2D eigenvalue weighted by atomic mass is 16.6. The third-order valence-corrected chi connectivity index (χ3v) is 4.65. The molecule has 0 bridgehead atoms. The molecule has 1 saturated heterocycles. The van der Waals surface area contributed by atoms with Crippen molar-refractivity contribution in [2.75, 3.05) is 31.1 Å². The summed E-state index contributed by atoms with van der Waals surface area (Å²) in [5, 5.41) is 11.7. The van der Waals surface area contributed by atoms with Crippen LogP contribution in [0, 0.1) is 10.1 Å². The van der Waals surface area contributed by atoms with Crippen LogP contribution in [0.2, 0.25) is 0 Å². The first kappa shape index (κ1) is 16.9. The Morgan fingerprint density at radius 2 is 1.78 bits per heavy atom. The van der Waals surface area contributed by atoms with Crippen LogP contribution in [0.1, 0.15) is 10.5 Å². The number of pyridine rings is 2. The largest absolute Gasteiger partial charge is 0.353 e. The fraction of sp³-hybridized carbons (Fsp3) is 0.211. The summed E-state index contributed by atoms with van der Waals surface area (Å²) in [6.45, 7) is 2.33. The molecule has 2 aromatic heterocycles. The number of benzene rings is 1. The van der Waals surface area contributed by atoms with Gasteiger partial charge >= 0.3 is 0 Å². The molecule has 4 rings (SSSR count). The molecule has 3 heterocycles. The van der Waals surface area contributed by atoms with Gasteiger partial charge in [0.15, 0.2) is 0 Å². The first-order valence-corrected chi connectivity index (χ1v) is 8.62. The zero-order valence-electron chi connectivity index (χ0n) is 14.5. The molecule has 1 aliphatic rings. The average molecular weight is 363 g/mol. The minimum absolute atomic E-state index is 0.0325. The van der Waals surface area contributed by atoms with Crippen LogP contribution in [0.25, 0.3) is 10.9 Å². The molecule has 1 aliphatic heterocycles. The normalized spacial score (nSPS) is 14.4. The number of hydrogen-bond donors (Lipinski definition) is 0. The lowest BCUT2D eigenvalue weighted by molar-refractivity contribution is -0.385. The number of nitro groups is 1. The van der Waals surface area contributed by atoms with Crippen LogP contribution in [-0.4, -0.2) is 51.9 Å². The van der Waals surface area contributed by atoms with Gasteiger partial charge < -0.3 is 9.80 Å². The Hall–Kier alpha value is -3.55. The quantitative estimate of drug-likeness (QED) is 0.524. The van der Waals surface area contributed by atoms with Gasteiger partial charge in [0.05, 0.1) is 10.4 Å². The number of rotatable bonds is 3. The summed E-state index contributed by atoms with van der Waals surface area (Å²) >= 11 is 0. The van der Waals surface area contributed by atoms with E-state index in [1.165, 1.54) is 12.3 Å². The van der Waals surface area contributed by atoms with Crippen molar-refractivity contribution in [1.82, 2.24) is 14.9 Å². The fourth-order valence-corrected chi connectivity index (χ4v) is 3.16. The van der Waals surface area contributed by atoms with Gasteiger partial charge in [-0.05, 0) is 18.2 Å². The minimum atomic E-state index is -0.468. The number of carbonyl (C=O) groups excluding carboxylic acids is 1. The molecule has 0 unspecified atom stereocenters. The maximum atomic E-state index is 12.8. The van der Waals surface area contributed by atoms with Gasteiger partial charge in [0.2, 0.25) is 0 Å². The topological polar surface area (TPSA) is 92.5 Å². The first-order valence-electron chi connectivity index (χ1n) is 8.62. The van der Waals surface area contributed by atoms with Crippen LogP contribution in [0.4, 0.5) is 11.5 Å². The minimum Gasteiger partial charge on any atom is -0.353 e.